The van der Waals surface area contributed by atoms with E-state index >= 15 is 0 Å². The lowest BCUT2D eigenvalue weighted by Crippen LogP contribution is -2.39. The van der Waals surface area contributed by atoms with Crippen LogP contribution in [-0.2, 0) is 20.8 Å². The number of amides is 1. The lowest BCUT2D eigenvalue weighted by atomic mass is 10.1. The Kier molecular flexibility index (Phi) is 10.1. The molecular formula is C22H21Cl2N3O7S. The molecule has 0 radical (unpaired) electrons. The zero-order chi connectivity index (χ0) is 26.3. The summed E-state index contributed by atoms with van der Waals surface area (Å²) in [5.74, 6) is -2.74. The highest BCUT2D eigenvalue weighted by atomic mass is 35.5. The van der Waals surface area contributed by atoms with Gasteiger partial charge in [-0.25, -0.2) is 9.59 Å². The van der Waals surface area contributed by atoms with Crippen molar-refractivity contribution in [2.75, 3.05) is 6.54 Å². The van der Waals surface area contributed by atoms with Crippen LogP contribution in [0, 0.1) is 0 Å². The number of thiocarbonyl (C=S) groups is 1. The summed E-state index contributed by atoms with van der Waals surface area (Å²) in [5, 5.41) is 17.6. The first-order chi connectivity index (χ1) is 16.4. The number of carboxylic acid groups (broad SMARTS) is 2. The number of carboxylic acids is 2. The van der Waals surface area contributed by atoms with Crippen molar-refractivity contribution in [1.29, 1.82) is 0 Å². The summed E-state index contributed by atoms with van der Waals surface area (Å²) in [5.41, 5.74) is 6.19. The van der Waals surface area contributed by atoms with Crippen LogP contribution in [-0.4, -0.2) is 67.4 Å². The molecule has 2 aromatic rings. The van der Waals surface area contributed by atoms with E-state index in [4.69, 9.17) is 56.1 Å². The fourth-order valence-electron chi connectivity index (χ4n) is 3.04. The number of benzene rings is 1. The fraction of sp³-hybridized carbons (Fsp3) is 0.273. The minimum atomic E-state index is -1.08. The first-order valence-electron chi connectivity index (χ1n) is 10.0. The van der Waals surface area contributed by atoms with Gasteiger partial charge in [-0.1, -0.05) is 47.6 Å². The fourth-order valence-corrected chi connectivity index (χ4v) is 3.86. The second-order valence-electron chi connectivity index (χ2n) is 7.40. The quantitative estimate of drug-likeness (QED) is 0.281. The number of carbonyl (C=O) groups is 4. The molecule has 0 bridgehead atoms. The van der Waals surface area contributed by atoms with Crippen LogP contribution in [0.3, 0.4) is 0 Å². The van der Waals surface area contributed by atoms with E-state index in [9.17, 15) is 19.2 Å². The number of aromatic nitrogens is 1. The SMILES string of the molecule is CC(=O)N1CC(=S)C[C@H]1C(=O)O.N[C@@H](Cc1ccc(OC(=O)c2c(Cl)cncc2Cl)cc1)C(=O)O. The van der Waals surface area contributed by atoms with Crippen LogP contribution < -0.4 is 10.5 Å². The van der Waals surface area contributed by atoms with E-state index in [-0.39, 0.29) is 33.7 Å². The third-order valence-corrected chi connectivity index (χ3v) is 5.67. The largest absolute Gasteiger partial charge is 0.480 e. The lowest BCUT2D eigenvalue weighted by molar-refractivity contribution is -0.147. The van der Waals surface area contributed by atoms with Gasteiger partial charge in [0.15, 0.2) is 0 Å². The molecular weight excluding hydrogens is 521 g/mol. The monoisotopic (exact) mass is 541 g/mol. The molecule has 10 nitrogen and oxygen atoms in total. The second-order valence-corrected chi connectivity index (χ2v) is 8.80. The Morgan fingerprint density at radius 2 is 1.74 bits per heavy atom. The van der Waals surface area contributed by atoms with Crippen molar-refractivity contribution in [3.05, 3.63) is 57.8 Å². The molecule has 0 saturated carbocycles. The molecule has 2 heterocycles. The third kappa shape index (κ3) is 7.96. The van der Waals surface area contributed by atoms with Gasteiger partial charge in [0, 0.05) is 30.6 Å². The Bertz CT molecular complexity index is 1100. The number of carbonyl (C=O) groups excluding carboxylic acids is 2. The molecule has 186 valence electrons. The average Bonchev–Trinajstić information content (AvgIpc) is 3.18. The van der Waals surface area contributed by atoms with Crippen LogP contribution in [0.4, 0.5) is 0 Å². The molecule has 35 heavy (non-hydrogen) atoms. The molecule has 1 aliphatic heterocycles. The highest BCUT2D eigenvalue weighted by molar-refractivity contribution is 7.80. The van der Waals surface area contributed by atoms with Crippen LogP contribution in [0.2, 0.25) is 10.0 Å². The summed E-state index contributed by atoms with van der Waals surface area (Å²) in [6.07, 6.45) is 3.07. The van der Waals surface area contributed by atoms with E-state index in [1.54, 1.807) is 12.1 Å². The zero-order valence-electron chi connectivity index (χ0n) is 18.3. The molecule has 1 aliphatic rings. The van der Waals surface area contributed by atoms with Gasteiger partial charge >= 0.3 is 17.9 Å². The first kappa shape index (κ1) is 28.1. The standard InChI is InChI=1S/C15H12Cl2N2O4.C7H9NO3S/c16-10-6-19-7-11(17)13(10)15(22)23-9-3-1-8(2-4-9)5-12(18)14(20)21;1-4(9)8-3-5(12)2-6(8)7(10)11/h1-4,6-7,12H,5,18H2,(H,20,21);6H,2-3H2,1H3,(H,10,11)/t12-;6-/m00/s1. The van der Waals surface area contributed by atoms with E-state index in [1.165, 1.54) is 36.4 Å². The van der Waals surface area contributed by atoms with E-state index < -0.39 is 30.0 Å². The number of nitrogens with zero attached hydrogens (tertiary/aromatic N) is 2. The van der Waals surface area contributed by atoms with Crippen molar-refractivity contribution in [2.24, 2.45) is 5.73 Å². The number of nitrogens with two attached hydrogens (primary N) is 1. The number of hydrogen-bond donors (Lipinski definition) is 3. The summed E-state index contributed by atoms with van der Waals surface area (Å²) in [6, 6.07) is 4.59. The minimum Gasteiger partial charge on any atom is -0.480 e. The Morgan fingerprint density at radius 1 is 1.17 bits per heavy atom. The minimum absolute atomic E-state index is 0.0281. The summed E-state index contributed by atoms with van der Waals surface area (Å²) >= 11 is 16.6. The maximum atomic E-state index is 12.1. The molecule has 1 saturated heterocycles. The van der Waals surface area contributed by atoms with Crippen molar-refractivity contribution in [3.63, 3.8) is 0 Å². The number of pyridine rings is 1. The maximum Gasteiger partial charge on any atom is 0.346 e. The summed E-state index contributed by atoms with van der Waals surface area (Å²) < 4.78 is 5.19. The Balaban J connectivity index is 0.000000303. The van der Waals surface area contributed by atoms with Crippen molar-refractivity contribution in [2.45, 2.75) is 31.8 Å². The Morgan fingerprint density at radius 3 is 2.20 bits per heavy atom. The number of halogens is 2. The normalized spacial score (nSPS) is 15.6. The summed E-state index contributed by atoms with van der Waals surface area (Å²) in [7, 11) is 0. The smallest absolute Gasteiger partial charge is 0.346 e. The van der Waals surface area contributed by atoms with Crippen LogP contribution in [0.1, 0.15) is 29.3 Å². The molecule has 0 spiro atoms. The van der Waals surface area contributed by atoms with Crippen LogP contribution in [0.25, 0.3) is 0 Å². The maximum absolute atomic E-state index is 12.1. The molecule has 0 unspecified atom stereocenters. The molecule has 0 aliphatic carbocycles. The molecule has 1 aromatic carbocycles. The van der Waals surface area contributed by atoms with E-state index in [2.05, 4.69) is 4.98 Å². The summed E-state index contributed by atoms with van der Waals surface area (Å²) in [4.78, 5) is 50.0. The number of rotatable bonds is 6. The van der Waals surface area contributed by atoms with Crippen molar-refractivity contribution < 1.29 is 34.1 Å². The van der Waals surface area contributed by atoms with E-state index in [0.29, 0.717) is 23.4 Å². The van der Waals surface area contributed by atoms with Crippen LogP contribution >= 0.6 is 35.4 Å². The van der Waals surface area contributed by atoms with Gasteiger partial charge in [0.2, 0.25) is 5.91 Å². The van der Waals surface area contributed by atoms with Gasteiger partial charge in [-0.2, -0.15) is 0 Å². The lowest BCUT2D eigenvalue weighted by Gasteiger charge is -2.18. The van der Waals surface area contributed by atoms with Gasteiger partial charge in [-0.05, 0) is 24.1 Å². The van der Waals surface area contributed by atoms with Gasteiger partial charge in [0.1, 0.15) is 23.4 Å². The molecule has 1 amide bonds. The number of likely N-dealkylation sites (tertiary alicyclic amines) is 1. The van der Waals surface area contributed by atoms with Gasteiger partial charge in [-0.3, -0.25) is 14.6 Å². The van der Waals surface area contributed by atoms with Gasteiger partial charge in [0.25, 0.3) is 0 Å². The number of ether oxygens (including phenoxy) is 1. The third-order valence-electron chi connectivity index (χ3n) is 4.80. The molecule has 1 aromatic heterocycles. The number of hydrogen-bond acceptors (Lipinski definition) is 8. The Hall–Kier alpha value is -3.12. The van der Waals surface area contributed by atoms with Crippen molar-refractivity contribution >= 4 is 64.1 Å². The van der Waals surface area contributed by atoms with Crippen molar-refractivity contribution in [1.82, 2.24) is 9.88 Å². The van der Waals surface area contributed by atoms with Crippen molar-refractivity contribution in [3.8, 4) is 5.75 Å². The molecule has 13 heteroatoms. The first-order valence-corrected chi connectivity index (χ1v) is 11.2. The number of aliphatic carboxylic acids is 2. The molecule has 4 N–H and O–H groups in total. The van der Waals surface area contributed by atoms with Gasteiger partial charge in [0.05, 0.1) is 16.6 Å². The molecule has 2 atom stereocenters. The topological polar surface area (TPSA) is 160 Å². The van der Waals surface area contributed by atoms with Gasteiger partial charge < -0.3 is 25.6 Å². The summed E-state index contributed by atoms with van der Waals surface area (Å²) in [6.45, 7) is 1.66. The molecule has 1 fully saturated rings. The van der Waals surface area contributed by atoms with Gasteiger partial charge in [-0.15, -0.1) is 0 Å². The van der Waals surface area contributed by atoms with E-state index in [0.717, 1.165) is 0 Å². The van der Waals surface area contributed by atoms with E-state index in [1.807, 2.05) is 0 Å². The highest BCUT2D eigenvalue weighted by Gasteiger charge is 2.35. The predicted octanol–water partition coefficient (Wildman–Crippen LogP) is 2.62. The number of esters is 1. The van der Waals surface area contributed by atoms with Crippen LogP contribution in [0.5, 0.6) is 5.75 Å². The van der Waals surface area contributed by atoms with Crippen LogP contribution in [0.15, 0.2) is 36.7 Å². The second kappa shape index (κ2) is 12.5. The average molecular weight is 542 g/mol. The predicted molar refractivity (Wildman–Crippen MR) is 131 cm³/mol. The zero-order valence-corrected chi connectivity index (χ0v) is 20.6. The Labute approximate surface area is 215 Å². The highest BCUT2D eigenvalue weighted by Crippen LogP contribution is 2.25. The molecule has 3 rings (SSSR count).